The Bertz CT molecular complexity index is 387. The maximum atomic E-state index is 12.7. The molecule has 2 nitrogen and oxygen atoms in total. The van der Waals surface area contributed by atoms with Gasteiger partial charge in [-0.05, 0) is 44.5 Å². The Kier molecular flexibility index (Phi) is 5.82. The third-order valence-corrected chi connectivity index (χ3v) is 3.84. The monoisotopic (exact) mass is 270 g/mol. The summed E-state index contributed by atoms with van der Waals surface area (Å²) < 4.78 is 17.9. The van der Waals surface area contributed by atoms with Crippen LogP contribution < -0.4 is 0 Å². The minimum atomic E-state index is -0.257. The third kappa shape index (κ3) is 5.65. The zero-order chi connectivity index (χ0) is 13.6. The number of Topliss-reactive ketones (excluding diaryl/α,β-unsaturated/α-hetero) is 1. The van der Waals surface area contributed by atoms with E-state index in [9.17, 15) is 9.18 Å². The third-order valence-electron chi connectivity index (χ3n) is 2.77. The van der Waals surface area contributed by atoms with Crippen LogP contribution in [0.5, 0.6) is 0 Å². The van der Waals surface area contributed by atoms with Crippen molar-refractivity contribution < 1.29 is 13.9 Å². The molecule has 1 aromatic rings. The number of ether oxygens (including phenoxy) is 1. The van der Waals surface area contributed by atoms with Gasteiger partial charge in [0, 0.05) is 18.4 Å². The Labute approximate surface area is 112 Å². The van der Waals surface area contributed by atoms with Crippen molar-refractivity contribution in [3.05, 3.63) is 30.1 Å². The summed E-state index contributed by atoms with van der Waals surface area (Å²) in [5, 5.41) is 0. The van der Waals surface area contributed by atoms with Crippen LogP contribution in [-0.2, 0) is 9.53 Å². The van der Waals surface area contributed by atoms with Gasteiger partial charge >= 0.3 is 0 Å². The van der Waals surface area contributed by atoms with Crippen LogP contribution in [0, 0.1) is 5.82 Å². The molecule has 18 heavy (non-hydrogen) atoms. The van der Waals surface area contributed by atoms with Crippen LogP contribution in [0.2, 0.25) is 0 Å². The lowest BCUT2D eigenvalue weighted by Gasteiger charge is -2.22. The topological polar surface area (TPSA) is 26.3 Å². The summed E-state index contributed by atoms with van der Waals surface area (Å²) in [4.78, 5) is 12.6. The summed E-state index contributed by atoms with van der Waals surface area (Å²) in [5.74, 6) is 0.354. The van der Waals surface area contributed by atoms with E-state index in [1.807, 2.05) is 13.8 Å². The van der Waals surface area contributed by atoms with Crippen molar-refractivity contribution in [3.63, 3.8) is 0 Å². The SMILES string of the molecule is COC(C)(C)CCC(=O)CSc1ccc(F)cc1. The molecular weight excluding hydrogens is 251 g/mol. The molecule has 0 saturated carbocycles. The van der Waals surface area contributed by atoms with Gasteiger partial charge in [0.2, 0.25) is 0 Å². The number of halogens is 1. The number of hydrogen-bond acceptors (Lipinski definition) is 3. The predicted molar refractivity (Wildman–Crippen MR) is 72.5 cm³/mol. The van der Waals surface area contributed by atoms with Crippen LogP contribution >= 0.6 is 11.8 Å². The summed E-state index contributed by atoms with van der Waals surface area (Å²) >= 11 is 1.44. The van der Waals surface area contributed by atoms with Crippen molar-refractivity contribution in [3.8, 4) is 0 Å². The minimum absolute atomic E-state index is 0.189. The molecule has 0 spiro atoms. The summed E-state index contributed by atoms with van der Waals surface area (Å²) in [6, 6.07) is 6.18. The van der Waals surface area contributed by atoms with E-state index in [1.54, 1.807) is 19.2 Å². The summed E-state index contributed by atoms with van der Waals surface area (Å²) in [5.41, 5.74) is -0.254. The van der Waals surface area contributed by atoms with E-state index in [2.05, 4.69) is 0 Å². The highest BCUT2D eigenvalue weighted by molar-refractivity contribution is 8.00. The molecule has 1 aromatic carbocycles. The molecule has 0 amide bonds. The molecule has 0 unspecified atom stereocenters. The summed E-state index contributed by atoms with van der Waals surface area (Å²) in [7, 11) is 1.65. The maximum Gasteiger partial charge on any atom is 0.143 e. The Morgan fingerprint density at radius 3 is 2.50 bits per heavy atom. The second kappa shape index (κ2) is 6.90. The standard InChI is InChI=1S/C14H19FO2S/c1-14(2,17-3)9-8-12(16)10-18-13-6-4-11(15)5-7-13/h4-7H,8-10H2,1-3H3. The van der Waals surface area contributed by atoms with Crippen molar-refractivity contribution >= 4 is 17.5 Å². The molecule has 0 aliphatic carbocycles. The lowest BCUT2D eigenvalue weighted by atomic mass is 10.0. The normalized spacial score (nSPS) is 11.6. The molecule has 0 atom stereocenters. The molecule has 100 valence electrons. The second-order valence-corrected chi connectivity index (χ2v) is 5.79. The molecule has 0 aliphatic rings. The van der Waals surface area contributed by atoms with Gasteiger partial charge in [-0.15, -0.1) is 11.8 Å². The Morgan fingerprint density at radius 2 is 1.94 bits per heavy atom. The highest BCUT2D eigenvalue weighted by Crippen LogP contribution is 2.20. The summed E-state index contributed by atoms with van der Waals surface area (Å²) in [6.07, 6.45) is 1.22. The average Bonchev–Trinajstić information content (AvgIpc) is 2.36. The van der Waals surface area contributed by atoms with E-state index in [0.29, 0.717) is 18.6 Å². The Hall–Kier alpha value is -0.870. The van der Waals surface area contributed by atoms with Crippen molar-refractivity contribution in [2.75, 3.05) is 12.9 Å². The van der Waals surface area contributed by atoms with Crippen LogP contribution in [0.1, 0.15) is 26.7 Å². The van der Waals surface area contributed by atoms with Crippen LogP contribution in [0.3, 0.4) is 0 Å². The van der Waals surface area contributed by atoms with E-state index < -0.39 is 0 Å². The quantitative estimate of drug-likeness (QED) is 0.707. The zero-order valence-electron chi connectivity index (χ0n) is 11.0. The number of hydrogen-bond donors (Lipinski definition) is 0. The van der Waals surface area contributed by atoms with Crippen LogP contribution in [0.15, 0.2) is 29.2 Å². The highest BCUT2D eigenvalue weighted by Gasteiger charge is 2.17. The number of benzene rings is 1. The minimum Gasteiger partial charge on any atom is -0.379 e. The van der Waals surface area contributed by atoms with Gasteiger partial charge in [0.15, 0.2) is 0 Å². The van der Waals surface area contributed by atoms with Gasteiger partial charge in [0.05, 0.1) is 11.4 Å². The first kappa shape index (κ1) is 15.2. The molecule has 0 radical (unpaired) electrons. The van der Waals surface area contributed by atoms with Gasteiger partial charge in [-0.2, -0.15) is 0 Å². The van der Waals surface area contributed by atoms with Crippen molar-refractivity contribution in [2.24, 2.45) is 0 Å². The van der Waals surface area contributed by atoms with E-state index in [-0.39, 0.29) is 17.2 Å². The summed E-state index contributed by atoms with van der Waals surface area (Å²) in [6.45, 7) is 3.93. The number of rotatable bonds is 7. The van der Waals surface area contributed by atoms with Crippen molar-refractivity contribution in [1.82, 2.24) is 0 Å². The molecule has 0 bridgehead atoms. The van der Waals surface area contributed by atoms with Gasteiger partial charge < -0.3 is 4.74 Å². The highest BCUT2D eigenvalue weighted by atomic mass is 32.2. The van der Waals surface area contributed by atoms with Gasteiger partial charge in [0.1, 0.15) is 11.6 Å². The van der Waals surface area contributed by atoms with Crippen molar-refractivity contribution in [1.29, 1.82) is 0 Å². The maximum absolute atomic E-state index is 12.7. The Balaban J connectivity index is 2.31. The van der Waals surface area contributed by atoms with Crippen molar-refractivity contribution in [2.45, 2.75) is 37.2 Å². The van der Waals surface area contributed by atoms with Gasteiger partial charge in [-0.1, -0.05) is 0 Å². The van der Waals surface area contributed by atoms with Crippen LogP contribution in [0.25, 0.3) is 0 Å². The molecule has 0 aliphatic heterocycles. The largest absolute Gasteiger partial charge is 0.379 e. The fraction of sp³-hybridized carbons (Fsp3) is 0.500. The van der Waals surface area contributed by atoms with E-state index in [0.717, 1.165) is 4.90 Å². The first-order chi connectivity index (χ1) is 8.43. The molecule has 0 heterocycles. The Morgan fingerprint density at radius 1 is 1.33 bits per heavy atom. The number of ketones is 1. The van der Waals surface area contributed by atoms with Crippen LogP contribution in [-0.4, -0.2) is 24.2 Å². The average molecular weight is 270 g/mol. The van der Waals surface area contributed by atoms with E-state index in [4.69, 9.17) is 4.74 Å². The lowest BCUT2D eigenvalue weighted by molar-refractivity contribution is -0.118. The molecule has 0 aromatic heterocycles. The van der Waals surface area contributed by atoms with Gasteiger partial charge in [-0.3, -0.25) is 4.79 Å². The first-order valence-electron chi connectivity index (χ1n) is 5.88. The molecule has 4 heteroatoms. The number of thioether (sulfide) groups is 1. The first-order valence-corrected chi connectivity index (χ1v) is 6.87. The molecular formula is C14H19FO2S. The number of methoxy groups -OCH3 is 1. The van der Waals surface area contributed by atoms with Gasteiger partial charge in [-0.25, -0.2) is 4.39 Å². The number of carbonyl (C=O) groups is 1. The lowest BCUT2D eigenvalue weighted by Crippen LogP contribution is -2.23. The fourth-order valence-corrected chi connectivity index (χ4v) is 2.11. The molecule has 1 rings (SSSR count). The molecule has 0 saturated heterocycles. The van der Waals surface area contributed by atoms with Gasteiger partial charge in [0.25, 0.3) is 0 Å². The van der Waals surface area contributed by atoms with E-state index >= 15 is 0 Å². The van der Waals surface area contributed by atoms with E-state index in [1.165, 1.54) is 23.9 Å². The predicted octanol–water partition coefficient (Wildman–Crippen LogP) is 3.69. The number of carbonyl (C=O) groups excluding carboxylic acids is 1. The second-order valence-electron chi connectivity index (χ2n) is 4.75. The smallest absolute Gasteiger partial charge is 0.143 e. The fourth-order valence-electron chi connectivity index (χ4n) is 1.31. The zero-order valence-corrected chi connectivity index (χ0v) is 11.8. The molecule has 0 N–H and O–H groups in total. The van der Waals surface area contributed by atoms with Crippen LogP contribution in [0.4, 0.5) is 4.39 Å². The molecule has 0 fully saturated rings.